The van der Waals surface area contributed by atoms with E-state index in [1.54, 1.807) is 0 Å². The van der Waals surface area contributed by atoms with Crippen LogP contribution in [-0.2, 0) is 9.59 Å². The van der Waals surface area contributed by atoms with Gasteiger partial charge < -0.3 is 19.9 Å². The average Bonchev–Trinajstić information content (AvgIpc) is 3.03. The number of carbonyl (C=O) groups is 2. The predicted molar refractivity (Wildman–Crippen MR) is 77.8 cm³/mol. The first-order valence-electron chi connectivity index (χ1n) is 7.52. The fraction of sp³-hybridized carbons (Fsp3) is 0.500. The summed E-state index contributed by atoms with van der Waals surface area (Å²) in [5.41, 5.74) is 0. The maximum Gasteiger partial charge on any atom is 0.306 e. The van der Waals surface area contributed by atoms with E-state index in [-0.39, 0.29) is 17.9 Å². The van der Waals surface area contributed by atoms with Crippen LogP contribution in [0.1, 0.15) is 19.3 Å². The summed E-state index contributed by atoms with van der Waals surface area (Å²) in [6.45, 7) is 0.751. The van der Waals surface area contributed by atoms with Crippen LogP contribution in [0.4, 0.5) is 0 Å². The molecule has 6 nitrogen and oxygen atoms in total. The second-order valence-corrected chi connectivity index (χ2v) is 5.79. The van der Waals surface area contributed by atoms with Crippen molar-refractivity contribution < 1.29 is 24.2 Å². The molecule has 1 amide bonds. The van der Waals surface area contributed by atoms with Gasteiger partial charge in [0.2, 0.25) is 5.91 Å². The molecule has 22 heavy (non-hydrogen) atoms. The summed E-state index contributed by atoms with van der Waals surface area (Å²) in [7, 11) is 0. The number of ether oxygens (including phenoxy) is 2. The van der Waals surface area contributed by atoms with Crippen LogP contribution in [0.15, 0.2) is 24.3 Å². The Morgan fingerprint density at radius 1 is 1.18 bits per heavy atom. The maximum atomic E-state index is 12.1. The molecule has 2 N–H and O–H groups in total. The summed E-state index contributed by atoms with van der Waals surface area (Å²) in [5, 5.41) is 11.8. The van der Waals surface area contributed by atoms with E-state index in [1.165, 1.54) is 0 Å². The standard InChI is InChI=1S/C16H19NO5/c18-15(10-5-6-11(7-10)16(19)20)17-8-12-9-21-13-3-1-2-4-14(13)22-12/h1-4,10-12H,5-9H2,(H,17,18)(H,19,20)/t10-,11+,12?/m0/s1. The largest absolute Gasteiger partial charge is 0.486 e. The Morgan fingerprint density at radius 3 is 2.64 bits per heavy atom. The number of hydrogen-bond acceptors (Lipinski definition) is 4. The Labute approximate surface area is 128 Å². The van der Waals surface area contributed by atoms with Gasteiger partial charge in [-0.05, 0) is 31.4 Å². The molecule has 2 aliphatic rings. The van der Waals surface area contributed by atoms with Crippen molar-refractivity contribution in [2.24, 2.45) is 11.8 Å². The van der Waals surface area contributed by atoms with Crippen LogP contribution < -0.4 is 14.8 Å². The van der Waals surface area contributed by atoms with Crippen LogP contribution in [0, 0.1) is 11.8 Å². The summed E-state index contributed by atoms with van der Waals surface area (Å²) < 4.78 is 11.4. The van der Waals surface area contributed by atoms with Crippen LogP contribution in [-0.4, -0.2) is 36.2 Å². The summed E-state index contributed by atoms with van der Waals surface area (Å²) >= 11 is 0. The van der Waals surface area contributed by atoms with E-state index in [0.29, 0.717) is 43.9 Å². The SMILES string of the molecule is O=C(O)[C@@H]1CC[C@H](C(=O)NCC2COc3ccccc3O2)C1. The first-order valence-corrected chi connectivity index (χ1v) is 7.52. The van der Waals surface area contributed by atoms with Gasteiger partial charge in [0.15, 0.2) is 11.5 Å². The molecule has 1 fully saturated rings. The molecular weight excluding hydrogens is 286 g/mol. The van der Waals surface area contributed by atoms with Crippen molar-refractivity contribution in [1.29, 1.82) is 0 Å². The number of carboxylic acid groups (broad SMARTS) is 1. The van der Waals surface area contributed by atoms with Gasteiger partial charge in [-0.2, -0.15) is 0 Å². The van der Waals surface area contributed by atoms with E-state index in [2.05, 4.69) is 5.32 Å². The predicted octanol–water partition coefficient (Wildman–Crippen LogP) is 1.44. The van der Waals surface area contributed by atoms with Crippen LogP contribution in [0.3, 0.4) is 0 Å². The number of nitrogens with one attached hydrogen (secondary N) is 1. The minimum atomic E-state index is -0.809. The normalized spacial score (nSPS) is 26.5. The molecule has 118 valence electrons. The van der Waals surface area contributed by atoms with Crippen molar-refractivity contribution in [3.8, 4) is 11.5 Å². The summed E-state index contributed by atoms with van der Waals surface area (Å²) in [6.07, 6.45) is 1.40. The van der Waals surface area contributed by atoms with Crippen LogP contribution in [0.5, 0.6) is 11.5 Å². The summed E-state index contributed by atoms with van der Waals surface area (Å²) in [4.78, 5) is 23.0. The first-order chi connectivity index (χ1) is 10.6. The lowest BCUT2D eigenvalue weighted by Crippen LogP contribution is -2.42. The molecule has 1 aliphatic heterocycles. The molecule has 0 saturated heterocycles. The maximum absolute atomic E-state index is 12.1. The number of aliphatic carboxylic acids is 1. The average molecular weight is 305 g/mol. The lowest BCUT2D eigenvalue weighted by Gasteiger charge is -2.26. The van der Waals surface area contributed by atoms with E-state index in [9.17, 15) is 9.59 Å². The number of amides is 1. The number of rotatable bonds is 4. The first kappa shape index (κ1) is 14.7. The highest BCUT2D eigenvalue weighted by molar-refractivity contribution is 5.80. The highest BCUT2D eigenvalue weighted by Crippen LogP contribution is 2.32. The minimum Gasteiger partial charge on any atom is -0.486 e. The van der Waals surface area contributed by atoms with Crippen molar-refractivity contribution in [2.45, 2.75) is 25.4 Å². The van der Waals surface area contributed by atoms with E-state index < -0.39 is 11.9 Å². The molecule has 1 aliphatic carbocycles. The molecule has 0 bridgehead atoms. The Kier molecular flexibility index (Phi) is 4.18. The Morgan fingerprint density at radius 2 is 1.91 bits per heavy atom. The quantitative estimate of drug-likeness (QED) is 0.879. The zero-order chi connectivity index (χ0) is 15.5. The highest BCUT2D eigenvalue weighted by Gasteiger charge is 2.34. The minimum absolute atomic E-state index is 0.0915. The molecule has 1 saturated carbocycles. The molecule has 1 unspecified atom stereocenters. The van der Waals surface area contributed by atoms with Crippen molar-refractivity contribution in [2.75, 3.05) is 13.2 Å². The number of para-hydroxylation sites is 2. The number of carboxylic acids is 1. The van der Waals surface area contributed by atoms with Crippen molar-refractivity contribution in [3.63, 3.8) is 0 Å². The number of hydrogen-bond donors (Lipinski definition) is 2. The molecule has 0 radical (unpaired) electrons. The highest BCUT2D eigenvalue weighted by atomic mass is 16.6. The van der Waals surface area contributed by atoms with Crippen molar-refractivity contribution in [1.82, 2.24) is 5.32 Å². The summed E-state index contributed by atoms with van der Waals surface area (Å²) in [6, 6.07) is 7.42. The van der Waals surface area contributed by atoms with E-state index in [1.807, 2.05) is 24.3 Å². The van der Waals surface area contributed by atoms with E-state index >= 15 is 0 Å². The zero-order valence-corrected chi connectivity index (χ0v) is 12.2. The van der Waals surface area contributed by atoms with E-state index in [4.69, 9.17) is 14.6 Å². The second-order valence-electron chi connectivity index (χ2n) is 5.79. The molecule has 3 atom stereocenters. The second kappa shape index (κ2) is 6.25. The van der Waals surface area contributed by atoms with E-state index in [0.717, 1.165) is 0 Å². The lowest BCUT2D eigenvalue weighted by molar-refractivity contribution is -0.141. The van der Waals surface area contributed by atoms with Gasteiger partial charge in [0.05, 0.1) is 12.5 Å². The van der Waals surface area contributed by atoms with Gasteiger partial charge in [-0.15, -0.1) is 0 Å². The van der Waals surface area contributed by atoms with Gasteiger partial charge in [-0.3, -0.25) is 9.59 Å². The Bertz CT molecular complexity index is 573. The third-order valence-corrected chi connectivity index (χ3v) is 4.22. The third kappa shape index (κ3) is 3.16. The smallest absolute Gasteiger partial charge is 0.306 e. The Balaban J connectivity index is 1.47. The molecule has 3 rings (SSSR count). The van der Waals surface area contributed by atoms with Crippen LogP contribution in [0.2, 0.25) is 0 Å². The molecule has 1 aromatic rings. The molecule has 0 aromatic heterocycles. The molecular formula is C16H19NO5. The zero-order valence-electron chi connectivity index (χ0n) is 12.2. The number of benzene rings is 1. The van der Waals surface area contributed by atoms with Crippen LogP contribution >= 0.6 is 0 Å². The van der Waals surface area contributed by atoms with Crippen LogP contribution in [0.25, 0.3) is 0 Å². The third-order valence-electron chi connectivity index (χ3n) is 4.22. The summed E-state index contributed by atoms with van der Waals surface area (Å²) in [5.74, 6) is -0.109. The van der Waals surface area contributed by atoms with Gasteiger partial charge in [0.25, 0.3) is 0 Å². The van der Waals surface area contributed by atoms with Gasteiger partial charge >= 0.3 is 5.97 Å². The van der Waals surface area contributed by atoms with Gasteiger partial charge in [0.1, 0.15) is 12.7 Å². The van der Waals surface area contributed by atoms with Gasteiger partial charge in [-0.25, -0.2) is 0 Å². The molecule has 1 aromatic carbocycles. The monoisotopic (exact) mass is 305 g/mol. The van der Waals surface area contributed by atoms with Crippen molar-refractivity contribution in [3.05, 3.63) is 24.3 Å². The Hall–Kier alpha value is -2.24. The van der Waals surface area contributed by atoms with Gasteiger partial charge in [0, 0.05) is 5.92 Å². The number of fused-ring (bicyclic) bond motifs is 1. The molecule has 0 spiro atoms. The lowest BCUT2D eigenvalue weighted by atomic mass is 10.0. The molecule has 6 heteroatoms. The fourth-order valence-electron chi connectivity index (χ4n) is 2.97. The number of carbonyl (C=O) groups excluding carboxylic acids is 1. The topological polar surface area (TPSA) is 84.9 Å². The fourth-order valence-corrected chi connectivity index (χ4v) is 2.97. The van der Waals surface area contributed by atoms with Crippen molar-refractivity contribution >= 4 is 11.9 Å². The molecule has 1 heterocycles. The van der Waals surface area contributed by atoms with Gasteiger partial charge in [-0.1, -0.05) is 12.1 Å².